The van der Waals surface area contributed by atoms with Crippen LogP contribution in [0.25, 0.3) is 0 Å². The van der Waals surface area contributed by atoms with Crippen LogP contribution in [0, 0.1) is 0 Å². The SMILES string of the molecule is [NH3+]C12CCCC([NH3+])(C[NH+](Cc3ccccc3)C1)C2. The molecule has 0 aromatic heterocycles. The van der Waals surface area contributed by atoms with Crippen LogP contribution in [0.5, 0.6) is 0 Å². The molecule has 0 amide bonds. The molecule has 0 radical (unpaired) electrons. The monoisotopic (exact) mass is 248 g/mol. The summed E-state index contributed by atoms with van der Waals surface area (Å²) in [6.07, 6.45) is 5.15. The molecule has 3 heteroatoms. The lowest BCUT2D eigenvalue weighted by molar-refractivity contribution is -0.953. The summed E-state index contributed by atoms with van der Waals surface area (Å²) < 4.78 is 0. The maximum absolute atomic E-state index is 4.53. The number of likely N-dealkylation sites (tertiary alicyclic amines) is 1. The minimum atomic E-state index is 0.294. The Bertz CT molecular complexity index is 401. The van der Waals surface area contributed by atoms with Crippen LogP contribution in [0.15, 0.2) is 30.3 Å². The summed E-state index contributed by atoms with van der Waals surface area (Å²) in [6, 6.07) is 10.8. The van der Waals surface area contributed by atoms with E-state index in [1.165, 1.54) is 44.3 Å². The van der Waals surface area contributed by atoms with Gasteiger partial charge in [0.2, 0.25) is 0 Å². The van der Waals surface area contributed by atoms with Crippen molar-refractivity contribution in [1.82, 2.24) is 0 Å². The van der Waals surface area contributed by atoms with Crippen LogP contribution < -0.4 is 16.4 Å². The Labute approximate surface area is 109 Å². The third kappa shape index (κ3) is 2.44. The summed E-state index contributed by atoms with van der Waals surface area (Å²) in [5.74, 6) is 0. The summed E-state index contributed by atoms with van der Waals surface area (Å²) >= 11 is 0. The molecule has 1 saturated heterocycles. The van der Waals surface area contributed by atoms with Crippen LogP contribution in [0.4, 0.5) is 0 Å². The number of hydrogen-bond acceptors (Lipinski definition) is 0. The molecule has 2 atom stereocenters. The summed E-state index contributed by atoms with van der Waals surface area (Å²) in [7, 11) is 0. The van der Waals surface area contributed by atoms with Gasteiger partial charge in [-0.15, -0.1) is 0 Å². The first-order valence-electron chi connectivity index (χ1n) is 7.15. The quantitative estimate of drug-likeness (QED) is 0.578. The largest absolute Gasteiger partial charge is 0.348 e. The van der Waals surface area contributed by atoms with Gasteiger partial charge in [-0.3, -0.25) is 0 Å². The fourth-order valence-corrected chi connectivity index (χ4v) is 4.25. The maximum atomic E-state index is 4.53. The second kappa shape index (κ2) is 4.34. The van der Waals surface area contributed by atoms with Crippen molar-refractivity contribution in [3.8, 4) is 0 Å². The van der Waals surface area contributed by atoms with Crippen LogP contribution in [0.3, 0.4) is 0 Å². The zero-order valence-electron chi connectivity index (χ0n) is 11.3. The van der Waals surface area contributed by atoms with E-state index in [9.17, 15) is 0 Å². The van der Waals surface area contributed by atoms with E-state index in [0.29, 0.717) is 11.1 Å². The Balaban J connectivity index is 1.74. The highest BCUT2D eigenvalue weighted by Gasteiger charge is 2.54. The Kier molecular flexibility index (Phi) is 2.93. The van der Waals surface area contributed by atoms with Crippen molar-refractivity contribution in [3.05, 3.63) is 35.9 Å². The first-order valence-corrected chi connectivity index (χ1v) is 7.15. The molecular formula is C15H26N3+3. The molecular weight excluding hydrogens is 222 g/mol. The van der Waals surface area contributed by atoms with Gasteiger partial charge in [0, 0.05) is 18.4 Å². The molecule has 0 spiro atoms. The van der Waals surface area contributed by atoms with Crippen molar-refractivity contribution in [1.29, 1.82) is 0 Å². The van der Waals surface area contributed by atoms with E-state index in [2.05, 4.69) is 41.8 Å². The topological polar surface area (TPSA) is 59.7 Å². The van der Waals surface area contributed by atoms with Crippen LogP contribution in [-0.2, 0) is 6.54 Å². The normalized spacial score (nSPS) is 39.6. The van der Waals surface area contributed by atoms with Crippen LogP contribution in [-0.4, -0.2) is 24.2 Å². The molecule has 3 rings (SSSR count). The van der Waals surface area contributed by atoms with Crippen LogP contribution in [0.1, 0.15) is 31.2 Å². The Hall–Kier alpha value is -0.900. The van der Waals surface area contributed by atoms with Gasteiger partial charge < -0.3 is 16.4 Å². The van der Waals surface area contributed by atoms with E-state index < -0.39 is 0 Å². The molecule has 1 aromatic rings. The van der Waals surface area contributed by atoms with E-state index in [-0.39, 0.29) is 0 Å². The molecule has 1 heterocycles. The molecule has 1 saturated carbocycles. The van der Waals surface area contributed by atoms with E-state index in [1.54, 1.807) is 4.90 Å². The summed E-state index contributed by atoms with van der Waals surface area (Å²) in [5.41, 5.74) is 11.1. The second-order valence-electron chi connectivity index (χ2n) is 6.80. The average Bonchev–Trinajstić information content (AvgIpc) is 2.27. The van der Waals surface area contributed by atoms with E-state index in [4.69, 9.17) is 0 Å². The smallest absolute Gasteiger partial charge is 0.150 e. The molecule has 98 valence electrons. The third-order valence-electron chi connectivity index (χ3n) is 4.71. The van der Waals surface area contributed by atoms with Crippen molar-refractivity contribution in [2.75, 3.05) is 13.1 Å². The second-order valence-corrected chi connectivity index (χ2v) is 6.80. The van der Waals surface area contributed by atoms with E-state index >= 15 is 0 Å². The zero-order valence-corrected chi connectivity index (χ0v) is 11.3. The predicted molar refractivity (Wildman–Crippen MR) is 70.5 cm³/mol. The number of piperidine rings is 1. The van der Waals surface area contributed by atoms with Gasteiger partial charge in [-0.1, -0.05) is 30.3 Å². The summed E-state index contributed by atoms with van der Waals surface area (Å²) in [5, 5.41) is 0. The van der Waals surface area contributed by atoms with Crippen molar-refractivity contribution in [2.45, 2.75) is 43.3 Å². The molecule has 1 aliphatic heterocycles. The lowest BCUT2D eigenvalue weighted by atomic mass is 9.68. The molecule has 2 bridgehead atoms. The van der Waals surface area contributed by atoms with Gasteiger partial charge in [-0.25, -0.2) is 0 Å². The Morgan fingerprint density at radius 3 is 2.22 bits per heavy atom. The van der Waals surface area contributed by atoms with Gasteiger partial charge in [0.15, 0.2) is 11.1 Å². The van der Waals surface area contributed by atoms with Crippen molar-refractivity contribution >= 4 is 0 Å². The lowest BCUT2D eigenvalue weighted by Gasteiger charge is -2.46. The highest BCUT2D eigenvalue weighted by Crippen LogP contribution is 2.30. The third-order valence-corrected chi connectivity index (χ3v) is 4.71. The number of rotatable bonds is 2. The number of fused-ring (bicyclic) bond motifs is 2. The first kappa shape index (κ1) is 12.2. The number of nitrogens with one attached hydrogen (secondary N) is 1. The number of hydrogen-bond donors (Lipinski definition) is 3. The van der Waals surface area contributed by atoms with Gasteiger partial charge in [0.05, 0.1) is 6.42 Å². The Morgan fingerprint density at radius 1 is 1.00 bits per heavy atom. The van der Waals surface area contributed by atoms with Gasteiger partial charge in [0.25, 0.3) is 0 Å². The highest BCUT2D eigenvalue weighted by atomic mass is 15.2. The molecule has 2 aliphatic rings. The van der Waals surface area contributed by atoms with E-state index in [0.717, 1.165) is 6.54 Å². The van der Waals surface area contributed by atoms with Gasteiger partial charge in [-0.05, 0) is 6.42 Å². The zero-order chi connectivity index (χ0) is 12.6. The number of quaternary nitrogens is 3. The van der Waals surface area contributed by atoms with E-state index in [1.807, 2.05) is 0 Å². The molecule has 7 N–H and O–H groups in total. The molecule has 18 heavy (non-hydrogen) atoms. The van der Waals surface area contributed by atoms with Crippen molar-refractivity contribution in [3.63, 3.8) is 0 Å². The highest BCUT2D eigenvalue weighted by molar-refractivity contribution is 5.13. The van der Waals surface area contributed by atoms with Crippen LogP contribution in [0.2, 0.25) is 0 Å². The summed E-state index contributed by atoms with van der Waals surface area (Å²) in [4.78, 5) is 1.68. The minimum Gasteiger partial charge on any atom is -0.348 e. The van der Waals surface area contributed by atoms with Gasteiger partial charge in [0.1, 0.15) is 19.6 Å². The van der Waals surface area contributed by atoms with Gasteiger partial charge >= 0.3 is 0 Å². The fraction of sp³-hybridized carbons (Fsp3) is 0.600. The standard InChI is InChI=1S/C15H23N3/c16-14-7-4-8-15(17,10-14)12-18(11-14)9-13-5-2-1-3-6-13/h1-3,5-6H,4,7-12,16-17H2/p+3. The molecule has 2 fully saturated rings. The summed E-state index contributed by atoms with van der Waals surface area (Å²) in [6.45, 7) is 3.58. The molecule has 2 unspecified atom stereocenters. The minimum absolute atomic E-state index is 0.294. The first-order chi connectivity index (χ1) is 8.57. The van der Waals surface area contributed by atoms with Crippen molar-refractivity contribution < 1.29 is 16.4 Å². The average molecular weight is 248 g/mol. The Morgan fingerprint density at radius 2 is 1.61 bits per heavy atom. The van der Waals surface area contributed by atoms with Gasteiger partial charge in [-0.2, -0.15) is 0 Å². The molecule has 3 nitrogen and oxygen atoms in total. The van der Waals surface area contributed by atoms with Crippen molar-refractivity contribution in [2.24, 2.45) is 0 Å². The lowest BCUT2D eigenvalue weighted by Crippen LogP contribution is -3.21. The molecule has 1 aliphatic carbocycles. The van der Waals surface area contributed by atoms with Crippen LogP contribution >= 0.6 is 0 Å². The molecule has 1 aromatic carbocycles. The predicted octanol–water partition coefficient (Wildman–Crippen LogP) is -1.38. The maximum Gasteiger partial charge on any atom is 0.150 e. The fourth-order valence-electron chi connectivity index (χ4n) is 4.25. The number of benzene rings is 1.